The highest BCUT2D eigenvalue weighted by atomic mass is 16.5. The number of rotatable bonds is 5. The second kappa shape index (κ2) is 7.66. The summed E-state index contributed by atoms with van der Waals surface area (Å²) >= 11 is 0. The Morgan fingerprint density at radius 2 is 1.78 bits per heavy atom. The summed E-state index contributed by atoms with van der Waals surface area (Å²) in [5, 5.41) is 14.8. The third kappa shape index (κ3) is 4.11. The summed E-state index contributed by atoms with van der Waals surface area (Å²) in [7, 11) is 1.56. The number of anilines is 2. The molecule has 0 atom stereocenters. The Balaban J connectivity index is 2.14. The third-order valence-electron chi connectivity index (χ3n) is 3.24. The van der Waals surface area contributed by atoms with Crippen molar-refractivity contribution in [2.24, 2.45) is 0 Å². The van der Waals surface area contributed by atoms with Crippen LogP contribution in [-0.2, 0) is 4.79 Å². The van der Waals surface area contributed by atoms with E-state index in [1.165, 1.54) is 6.20 Å². The Kier molecular flexibility index (Phi) is 5.37. The molecule has 0 aromatic heterocycles. The monoisotopic (exact) mass is 307 g/mol. The van der Waals surface area contributed by atoms with Crippen LogP contribution in [0.4, 0.5) is 11.4 Å². The van der Waals surface area contributed by atoms with Crippen LogP contribution in [0.15, 0.2) is 60.3 Å². The molecule has 23 heavy (non-hydrogen) atoms. The normalized spacial score (nSPS) is 10.6. The van der Waals surface area contributed by atoms with E-state index in [2.05, 4.69) is 10.6 Å². The van der Waals surface area contributed by atoms with Crippen molar-refractivity contribution in [2.45, 2.75) is 6.92 Å². The Hall–Kier alpha value is -3.26. The summed E-state index contributed by atoms with van der Waals surface area (Å²) in [5.74, 6) is 0.157. The number of hydrogen-bond acceptors (Lipinski definition) is 4. The van der Waals surface area contributed by atoms with Gasteiger partial charge in [0.25, 0.3) is 5.91 Å². The first kappa shape index (κ1) is 16.1. The maximum absolute atomic E-state index is 12.2. The molecule has 2 rings (SSSR count). The quantitative estimate of drug-likeness (QED) is 0.655. The highest BCUT2D eigenvalue weighted by Gasteiger charge is 2.10. The molecule has 2 aromatic rings. The molecule has 0 spiro atoms. The van der Waals surface area contributed by atoms with E-state index in [1.54, 1.807) is 25.3 Å². The van der Waals surface area contributed by atoms with Crippen LogP contribution in [0.1, 0.15) is 5.56 Å². The molecule has 0 fully saturated rings. The van der Waals surface area contributed by atoms with Crippen molar-refractivity contribution < 1.29 is 9.53 Å². The molecule has 5 nitrogen and oxygen atoms in total. The lowest BCUT2D eigenvalue weighted by molar-refractivity contribution is -0.112. The van der Waals surface area contributed by atoms with Crippen molar-refractivity contribution in [3.05, 3.63) is 65.9 Å². The van der Waals surface area contributed by atoms with Gasteiger partial charge in [-0.3, -0.25) is 4.79 Å². The highest BCUT2D eigenvalue weighted by molar-refractivity contribution is 6.07. The number of ether oxygens (including phenoxy) is 1. The van der Waals surface area contributed by atoms with Crippen molar-refractivity contribution in [1.82, 2.24) is 0 Å². The van der Waals surface area contributed by atoms with Crippen LogP contribution in [0.25, 0.3) is 0 Å². The van der Waals surface area contributed by atoms with Gasteiger partial charge in [-0.25, -0.2) is 0 Å². The first-order valence-corrected chi connectivity index (χ1v) is 7.02. The average Bonchev–Trinajstić information content (AvgIpc) is 2.58. The number of carbonyl (C=O) groups excluding carboxylic acids is 1. The summed E-state index contributed by atoms with van der Waals surface area (Å²) in [6, 6.07) is 16.5. The Morgan fingerprint density at radius 3 is 2.43 bits per heavy atom. The van der Waals surface area contributed by atoms with Crippen LogP contribution in [0.2, 0.25) is 0 Å². The van der Waals surface area contributed by atoms with Gasteiger partial charge in [-0.1, -0.05) is 30.3 Å². The lowest BCUT2D eigenvalue weighted by Crippen LogP contribution is -2.15. The molecule has 2 N–H and O–H groups in total. The zero-order chi connectivity index (χ0) is 16.7. The van der Waals surface area contributed by atoms with Crippen molar-refractivity contribution in [2.75, 3.05) is 17.7 Å². The van der Waals surface area contributed by atoms with Crippen molar-refractivity contribution in [3.8, 4) is 11.8 Å². The van der Waals surface area contributed by atoms with E-state index in [9.17, 15) is 10.1 Å². The van der Waals surface area contributed by atoms with Crippen LogP contribution < -0.4 is 15.4 Å². The van der Waals surface area contributed by atoms with Gasteiger partial charge >= 0.3 is 0 Å². The molecular formula is C18H17N3O2. The molecule has 0 saturated carbocycles. The Morgan fingerprint density at radius 1 is 1.13 bits per heavy atom. The number of nitriles is 1. The topological polar surface area (TPSA) is 74.1 Å². The fraction of sp³-hybridized carbons (Fsp3) is 0.111. The van der Waals surface area contributed by atoms with Gasteiger partial charge in [0.15, 0.2) is 0 Å². The Labute approximate surface area is 135 Å². The molecule has 0 radical (unpaired) electrons. The number of amides is 1. The summed E-state index contributed by atoms with van der Waals surface area (Å²) < 4.78 is 5.21. The number of nitrogens with one attached hydrogen (secondary N) is 2. The van der Waals surface area contributed by atoms with Crippen molar-refractivity contribution in [3.63, 3.8) is 0 Å². The molecular weight excluding hydrogens is 290 g/mol. The van der Waals surface area contributed by atoms with E-state index in [-0.39, 0.29) is 5.57 Å². The molecule has 1 amide bonds. The van der Waals surface area contributed by atoms with Gasteiger partial charge < -0.3 is 15.4 Å². The number of benzene rings is 2. The van der Waals surface area contributed by atoms with Gasteiger partial charge in [0.1, 0.15) is 17.4 Å². The number of nitrogens with zero attached hydrogens (tertiary/aromatic N) is 1. The molecule has 0 heterocycles. The molecule has 2 aromatic carbocycles. The standard InChI is InChI=1S/C18H17N3O2/c1-13-7-3-4-8-15(13)21-18(22)14(11-19)12-20-16-9-5-6-10-17(16)23-2/h3-10,12,20H,1-2H3,(H,21,22)/b14-12-. The van der Waals surface area contributed by atoms with Crippen LogP contribution in [0.3, 0.4) is 0 Å². The smallest absolute Gasteiger partial charge is 0.267 e. The summed E-state index contributed by atoms with van der Waals surface area (Å²) in [5.41, 5.74) is 2.25. The van der Waals surface area contributed by atoms with E-state index in [0.29, 0.717) is 17.1 Å². The van der Waals surface area contributed by atoms with E-state index in [1.807, 2.05) is 43.3 Å². The van der Waals surface area contributed by atoms with Crippen molar-refractivity contribution >= 4 is 17.3 Å². The van der Waals surface area contributed by atoms with Gasteiger partial charge in [0.05, 0.1) is 12.8 Å². The van der Waals surface area contributed by atoms with Crippen molar-refractivity contribution in [1.29, 1.82) is 5.26 Å². The van der Waals surface area contributed by atoms with Crippen LogP contribution in [0, 0.1) is 18.3 Å². The maximum atomic E-state index is 12.2. The largest absolute Gasteiger partial charge is 0.495 e. The predicted octanol–water partition coefficient (Wildman–Crippen LogP) is 3.46. The Bertz CT molecular complexity index is 776. The van der Waals surface area contributed by atoms with Gasteiger partial charge in [-0.15, -0.1) is 0 Å². The molecule has 116 valence electrons. The lowest BCUT2D eigenvalue weighted by atomic mass is 10.2. The van der Waals surface area contributed by atoms with Gasteiger partial charge in [-0.05, 0) is 30.7 Å². The SMILES string of the molecule is COc1ccccc1N/C=C(/C#N)C(=O)Nc1ccccc1C. The minimum absolute atomic E-state index is 0.0286. The molecule has 0 unspecified atom stereocenters. The number of methoxy groups -OCH3 is 1. The number of carbonyl (C=O) groups is 1. The highest BCUT2D eigenvalue weighted by Crippen LogP contribution is 2.23. The summed E-state index contributed by atoms with van der Waals surface area (Å²) in [6.45, 7) is 1.89. The summed E-state index contributed by atoms with van der Waals surface area (Å²) in [4.78, 5) is 12.2. The van der Waals surface area contributed by atoms with E-state index >= 15 is 0 Å². The summed E-state index contributed by atoms with van der Waals surface area (Å²) in [6.07, 6.45) is 1.37. The average molecular weight is 307 g/mol. The van der Waals surface area contributed by atoms with Crippen LogP contribution >= 0.6 is 0 Å². The van der Waals surface area contributed by atoms with E-state index in [4.69, 9.17) is 4.74 Å². The number of aryl methyl sites for hydroxylation is 1. The molecule has 0 bridgehead atoms. The van der Waals surface area contributed by atoms with Gasteiger partial charge in [-0.2, -0.15) is 5.26 Å². The van der Waals surface area contributed by atoms with Crippen LogP contribution in [0.5, 0.6) is 5.75 Å². The predicted molar refractivity (Wildman–Crippen MR) is 90.1 cm³/mol. The number of para-hydroxylation sites is 3. The maximum Gasteiger partial charge on any atom is 0.267 e. The third-order valence-corrected chi connectivity index (χ3v) is 3.24. The molecule has 0 aliphatic heterocycles. The lowest BCUT2D eigenvalue weighted by Gasteiger charge is -2.09. The second-order valence-corrected chi connectivity index (χ2v) is 4.78. The molecule has 0 aliphatic rings. The van der Waals surface area contributed by atoms with Gasteiger partial charge in [0, 0.05) is 11.9 Å². The first-order valence-electron chi connectivity index (χ1n) is 7.02. The van der Waals surface area contributed by atoms with E-state index < -0.39 is 5.91 Å². The minimum Gasteiger partial charge on any atom is -0.495 e. The fourth-order valence-corrected chi connectivity index (χ4v) is 1.97. The molecule has 0 saturated heterocycles. The zero-order valence-electron chi connectivity index (χ0n) is 13.0. The minimum atomic E-state index is -0.468. The zero-order valence-corrected chi connectivity index (χ0v) is 13.0. The van der Waals surface area contributed by atoms with Gasteiger partial charge in [0.2, 0.25) is 0 Å². The van der Waals surface area contributed by atoms with Crippen LogP contribution in [-0.4, -0.2) is 13.0 Å². The first-order chi connectivity index (χ1) is 11.2. The molecule has 0 aliphatic carbocycles. The second-order valence-electron chi connectivity index (χ2n) is 4.78. The van der Waals surface area contributed by atoms with E-state index in [0.717, 1.165) is 5.56 Å². The number of hydrogen-bond donors (Lipinski definition) is 2. The molecule has 5 heteroatoms. The fourth-order valence-electron chi connectivity index (χ4n) is 1.97.